The Morgan fingerprint density at radius 2 is 2.25 bits per heavy atom. The maximum atomic E-state index is 11.0. The van der Waals surface area contributed by atoms with Crippen LogP contribution in [0.2, 0.25) is 0 Å². The van der Waals surface area contributed by atoms with Crippen LogP contribution >= 0.6 is 15.9 Å². The molecular formula is C13H14BrN3O3. The van der Waals surface area contributed by atoms with Gasteiger partial charge in [-0.3, -0.25) is 14.8 Å². The lowest BCUT2D eigenvalue weighted by atomic mass is 10.2. The summed E-state index contributed by atoms with van der Waals surface area (Å²) in [5, 5.41) is 15.7. The summed E-state index contributed by atoms with van der Waals surface area (Å²) in [6, 6.07) is 6.86. The van der Waals surface area contributed by atoms with E-state index in [-0.39, 0.29) is 5.69 Å². The highest BCUT2D eigenvalue weighted by Crippen LogP contribution is 2.28. The Kier molecular flexibility index (Phi) is 4.73. The maximum Gasteiger partial charge on any atom is 0.311 e. The standard InChI is InChI=1S/C13H14BrN3O3/c1-16-11(4-6-15-16)5-7-20-13-3-2-10(9-14)8-12(13)17(18)19/h2-4,6,8H,5,7,9H2,1H3. The number of rotatable bonds is 6. The van der Waals surface area contributed by atoms with Crippen molar-refractivity contribution in [2.24, 2.45) is 7.05 Å². The van der Waals surface area contributed by atoms with Crippen LogP contribution in [0.4, 0.5) is 5.69 Å². The molecule has 0 aliphatic heterocycles. The fraction of sp³-hybridized carbons (Fsp3) is 0.308. The van der Waals surface area contributed by atoms with Gasteiger partial charge in [0.1, 0.15) is 0 Å². The van der Waals surface area contributed by atoms with Crippen LogP contribution in [0.15, 0.2) is 30.5 Å². The molecule has 0 aliphatic carbocycles. The lowest BCUT2D eigenvalue weighted by Crippen LogP contribution is -2.07. The number of nitro groups is 1. The molecule has 6 nitrogen and oxygen atoms in total. The predicted octanol–water partition coefficient (Wildman–Crippen LogP) is 2.84. The highest BCUT2D eigenvalue weighted by Gasteiger charge is 2.15. The zero-order valence-electron chi connectivity index (χ0n) is 11.0. The topological polar surface area (TPSA) is 70.2 Å². The molecule has 1 aromatic heterocycles. The first-order chi connectivity index (χ1) is 9.61. The average Bonchev–Trinajstić information content (AvgIpc) is 2.84. The molecule has 1 aromatic carbocycles. The van der Waals surface area contributed by atoms with Crippen LogP contribution in [0, 0.1) is 10.1 Å². The third-order valence-electron chi connectivity index (χ3n) is 2.91. The van der Waals surface area contributed by atoms with Gasteiger partial charge in [-0.25, -0.2) is 0 Å². The molecule has 0 spiro atoms. The van der Waals surface area contributed by atoms with Crippen molar-refractivity contribution in [3.8, 4) is 5.75 Å². The molecule has 0 radical (unpaired) electrons. The number of hydrogen-bond donors (Lipinski definition) is 0. The summed E-state index contributed by atoms with van der Waals surface area (Å²) in [6.07, 6.45) is 2.36. The second-order valence-electron chi connectivity index (χ2n) is 4.24. The van der Waals surface area contributed by atoms with Gasteiger partial charge in [-0.1, -0.05) is 22.0 Å². The summed E-state index contributed by atoms with van der Waals surface area (Å²) in [4.78, 5) is 10.6. The fourth-order valence-corrected chi connectivity index (χ4v) is 2.17. The highest BCUT2D eigenvalue weighted by atomic mass is 79.9. The minimum atomic E-state index is -0.425. The summed E-state index contributed by atoms with van der Waals surface area (Å²) in [5.74, 6) is 0.293. The third-order valence-corrected chi connectivity index (χ3v) is 3.56. The van der Waals surface area contributed by atoms with E-state index in [1.54, 1.807) is 23.0 Å². The molecule has 2 aromatic rings. The average molecular weight is 340 g/mol. The Hall–Kier alpha value is -1.89. The maximum absolute atomic E-state index is 11.0. The lowest BCUT2D eigenvalue weighted by molar-refractivity contribution is -0.385. The third kappa shape index (κ3) is 3.36. The molecule has 1 heterocycles. The second kappa shape index (κ2) is 6.51. The number of aryl methyl sites for hydroxylation is 1. The molecule has 0 aliphatic rings. The smallest absolute Gasteiger partial charge is 0.311 e. The van der Waals surface area contributed by atoms with Crippen LogP contribution < -0.4 is 4.74 Å². The van der Waals surface area contributed by atoms with E-state index in [4.69, 9.17) is 4.74 Å². The molecule has 0 atom stereocenters. The minimum Gasteiger partial charge on any atom is -0.486 e. The van der Waals surface area contributed by atoms with Crippen molar-refractivity contribution in [3.05, 3.63) is 51.8 Å². The van der Waals surface area contributed by atoms with Gasteiger partial charge < -0.3 is 4.74 Å². The monoisotopic (exact) mass is 339 g/mol. The number of benzene rings is 1. The second-order valence-corrected chi connectivity index (χ2v) is 4.80. The highest BCUT2D eigenvalue weighted by molar-refractivity contribution is 9.08. The molecule has 106 valence electrons. The van der Waals surface area contributed by atoms with E-state index < -0.39 is 4.92 Å². The van der Waals surface area contributed by atoms with Crippen molar-refractivity contribution >= 4 is 21.6 Å². The van der Waals surface area contributed by atoms with Gasteiger partial charge in [-0.2, -0.15) is 5.10 Å². The van der Waals surface area contributed by atoms with Crippen molar-refractivity contribution in [2.75, 3.05) is 6.61 Å². The van der Waals surface area contributed by atoms with Crippen LogP contribution in [0.25, 0.3) is 0 Å². The number of aromatic nitrogens is 2. The Balaban J connectivity index is 2.05. The quantitative estimate of drug-likeness (QED) is 0.461. The first kappa shape index (κ1) is 14.5. The summed E-state index contributed by atoms with van der Waals surface area (Å²) >= 11 is 3.28. The molecule has 0 bridgehead atoms. The summed E-state index contributed by atoms with van der Waals surface area (Å²) in [5.41, 5.74) is 1.85. The van der Waals surface area contributed by atoms with Crippen LogP contribution in [0.1, 0.15) is 11.3 Å². The van der Waals surface area contributed by atoms with E-state index in [0.29, 0.717) is 24.1 Å². The number of ether oxygens (including phenoxy) is 1. The largest absolute Gasteiger partial charge is 0.486 e. The number of hydrogen-bond acceptors (Lipinski definition) is 4. The first-order valence-corrected chi connectivity index (χ1v) is 7.17. The van der Waals surface area contributed by atoms with Crippen LogP contribution in [-0.2, 0) is 18.8 Å². The Labute approximate surface area is 124 Å². The molecule has 7 heteroatoms. The van der Waals surface area contributed by atoms with E-state index >= 15 is 0 Å². The first-order valence-electron chi connectivity index (χ1n) is 6.04. The number of halogens is 1. The SMILES string of the molecule is Cn1nccc1CCOc1ccc(CBr)cc1[N+](=O)[O-]. The van der Waals surface area contributed by atoms with Gasteiger partial charge >= 0.3 is 5.69 Å². The van der Waals surface area contributed by atoms with E-state index in [9.17, 15) is 10.1 Å². The fourth-order valence-electron chi connectivity index (χ4n) is 1.82. The van der Waals surface area contributed by atoms with Crippen molar-refractivity contribution in [2.45, 2.75) is 11.8 Å². The van der Waals surface area contributed by atoms with E-state index in [0.717, 1.165) is 11.3 Å². The van der Waals surface area contributed by atoms with Gasteiger partial charge in [-0.05, 0) is 17.7 Å². The zero-order valence-corrected chi connectivity index (χ0v) is 12.5. The summed E-state index contributed by atoms with van der Waals surface area (Å²) < 4.78 is 7.28. The van der Waals surface area contributed by atoms with Crippen LogP contribution in [-0.4, -0.2) is 21.3 Å². The normalized spacial score (nSPS) is 10.5. The van der Waals surface area contributed by atoms with E-state index in [1.807, 2.05) is 13.1 Å². The van der Waals surface area contributed by atoms with Crippen LogP contribution in [0.5, 0.6) is 5.75 Å². The lowest BCUT2D eigenvalue weighted by Gasteiger charge is -2.08. The zero-order chi connectivity index (χ0) is 14.5. The molecule has 0 N–H and O–H groups in total. The van der Waals surface area contributed by atoms with Crippen molar-refractivity contribution < 1.29 is 9.66 Å². The van der Waals surface area contributed by atoms with Gasteiger partial charge in [0.2, 0.25) is 0 Å². The Bertz CT molecular complexity index is 613. The summed E-state index contributed by atoms with van der Waals surface area (Å²) in [7, 11) is 1.85. The molecule has 0 amide bonds. The van der Waals surface area contributed by atoms with Gasteiger partial charge in [0.25, 0.3) is 0 Å². The molecule has 0 saturated carbocycles. The molecule has 2 rings (SSSR count). The van der Waals surface area contributed by atoms with Gasteiger partial charge in [-0.15, -0.1) is 0 Å². The minimum absolute atomic E-state index is 0.00745. The van der Waals surface area contributed by atoms with E-state index in [2.05, 4.69) is 21.0 Å². The van der Waals surface area contributed by atoms with Gasteiger partial charge in [0.05, 0.1) is 11.5 Å². The molecule has 0 unspecified atom stereocenters. The van der Waals surface area contributed by atoms with Gasteiger partial charge in [0.15, 0.2) is 5.75 Å². The molecular weight excluding hydrogens is 326 g/mol. The number of nitrogens with zero attached hydrogens (tertiary/aromatic N) is 3. The molecule has 20 heavy (non-hydrogen) atoms. The van der Waals surface area contributed by atoms with Crippen LogP contribution in [0.3, 0.4) is 0 Å². The van der Waals surface area contributed by atoms with Crippen molar-refractivity contribution in [1.29, 1.82) is 0 Å². The Morgan fingerprint density at radius 1 is 1.45 bits per heavy atom. The van der Waals surface area contributed by atoms with E-state index in [1.165, 1.54) is 6.07 Å². The molecule has 0 fully saturated rings. The Morgan fingerprint density at radius 3 is 2.85 bits per heavy atom. The molecule has 0 saturated heterocycles. The number of alkyl halides is 1. The summed E-state index contributed by atoms with van der Waals surface area (Å²) in [6.45, 7) is 0.369. The van der Waals surface area contributed by atoms with Crippen molar-refractivity contribution in [3.63, 3.8) is 0 Å². The van der Waals surface area contributed by atoms with Gasteiger partial charge in [0, 0.05) is 36.8 Å². The predicted molar refractivity (Wildman–Crippen MR) is 78.1 cm³/mol. The number of nitro benzene ring substituents is 1. The van der Waals surface area contributed by atoms with Crippen molar-refractivity contribution in [1.82, 2.24) is 9.78 Å².